The van der Waals surface area contributed by atoms with Gasteiger partial charge >= 0.3 is 6.18 Å². The molecule has 0 fully saturated rings. The van der Waals surface area contributed by atoms with Crippen LogP contribution in [0.3, 0.4) is 0 Å². The molecule has 0 saturated carbocycles. The molecule has 0 spiro atoms. The van der Waals surface area contributed by atoms with Crippen molar-refractivity contribution >= 4 is 29.0 Å². The molecule has 22 heavy (non-hydrogen) atoms. The van der Waals surface area contributed by atoms with E-state index in [0.717, 1.165) is 11.6 Å². The predicted octanol–water partition coefficient (Wildman–Crippen LogP) is 4.69. The van der Waals surface area contributed by atoms with Gasteiger partial charge in [-0.15, -0.1) is 10.2 Å². The molecular weight excluding hydrogens is 335 g/mol. The third-order valence-electron chi connectivity index (χ3n) is 2.99. The number of pyridine rings is 1. The number of nitrogens with zero attached hydrogens (tertiary/aromatic N) is 3. The van der Waals surface area contributed by atoms with Crippen molar-refractivity contribution < 1.29 is 13.2 Å². The molecule has 0 unspecified atom stereocenters. The molecule has 0 radical (unpaired) electrons. The summed E-state index contributed by atoms with van der Waals surface area (Å²) in [6.07, 6.45) is -2.93. The largest absolute Gasteiger partial charge is 0.420 e. The Morgan fingerprint density at radius 1 is 1.09 bits per heavy atom. The molecule has 0 bridgehead atoms. The minimum absolute atomic E-state index is 0.186. The lowest BCUT2D eigenvalue weighted by Crippen LogP contribution is -2.07. The fourth-order valence-electron chi connectivity index (χ4n) is 1.94. The molecule has 0 aliphatic rings. The quantitative estimate of drug-likeness (QED) is 0.646. The first-order valence-electron chi connectivity index (χ1n) is 6.23. The van der Waals surface area contributed by atoms with E-state index in [1.165, 1.54) is 28.4 Å². The number of hydrogen-bond acceptors (Lipinski definition) is 3. The summed E-state index contributed by atoms with van der Waals surface area (Å²) in [6.45, 7) is 0. The van der Waals surface area contributed by atoms with Crippen LogP contribution in [0.1, 0.15) is 11.1 Å². The molecule has 1 aromatic carbocycles. The van der Waals surface area contributed by atoms with E-state index in [2.05, 4.69) is 10.2 Å². The minimum Gasteiger partial charge on any atom is -0.277 e. The molecule has 0 aliphatic heterocycles. The minimum atomic E-state index is -4.45. The Hall–Kier alpha value is -1.73. The molecule has 3 rings (SSSR count). The summed E-state index contributed by atoms with van der Waals surface area (Å²) in [7, 11) is 0. The van der Waals surface area contributed by atoms with Crippen LogP contribution in [-0.4, -0.2) is 14.6 Å². The van der Waals surface area contributed by atoms with Crippen LogP contribution >= 0.6 is 23.4 Å². The van der Waals surface area contributed by atoms with Gasteiger partial charge in [-0.1, -0.05) is 35.5 Å². The normalized spacial score (nSPS) is 12.0. The smallest absolute Gasteiger partial charge is 0.277 e. The highest BCUT2D eigenvalue weighted by molar-refractivity contribution is 7.98. The lowest BCUT2D eigenvalue weighted by atomic mass is 10.2. The molecule has 8 heteroatoms. The van der Waals surface area contributed by atoms with Gasteiger partial charge in [-0.2, -0.15) is 13.2 Å². The molecule has 3 aromatic rings. The number of halogens is 4. The summed E-state index contributed by atoms with van der Waals surface area (Å²) < 4.78 is 40.1. The van der Waals surface area contributed by atoms with Crippen LogP contribution in [0.15, 0.2) is 47.8 Å². The fraction of sp³-hybridized carbons (Fsp3) is 0.143. The summed E-state index contributed by atoms with van der Waals surface area (Å²) in [5, 5.41) is 8.56. The second kappa shape index (κ2) is 5.81. The maximum atomic E-state index is 12.9. The third-order valence-corrected chi connectivity index (χ3v) is 4.26. The molecule has 3 nitrogen and oxygen atoms in total. The molecule has 0 amide bonds. The van der Waals surface area contributed by atoms with Gasteiger partial charge in [0.2, 0.25) is 0 Å². The molecule has 0 aliphatic carbocycles. The second-order valence-electron chi connectivity index (χ2n) is 4.51. The molecule has 0 N–H and O–H groups in total. The summed E-state index contributed by atoms with van der Waals surface area (Å²) in [5.74, 6) is 0.564. The molecule has 2 aromatic heterocycles. The third kappa shape index (κ3) is 3.05. The maximum Gasteiger partial charge on any atom is 0.420 e. The van der Waals surface area contributed by atoms with Crippen molar-refractivity contribution in [3.8, 4) is 0 Å². The highest BCUT2D eigenvalue weighted by Crippen LogP contribution is 2.33. The van der Waals surface area contributed by atoms with Crippen LogP contribution in [0.25, 0.3) is 5.65 Å². The Balaban J connectivity index is 1.87. The number of thioether (sulfide) groups is 1. The van der Waals surface area contributed by atoms with Crippen LogP contribution in [0.2, 0.25) is 5.02 Å². The average Bonchev–Trinajstić information content (AvgIpc) is 2.89. The van der Waals surface area contributed by atoms with Crippen molar-refractivity contribution in [1.29, 1.82) is 0 Å². The topological polar surface area (TPSA) is 30.2 Å². The van der Waals surface area contributed by atoms with Crippen molar-refractivity contribution in [3.05, 3.63) is 58.7 Å². The number of alkyl halides is 3. The van der Waals surface area contributed by atoms with E-state index in [9.17, 15) is 13.2 Å². The molecule has 114 valence electrons. The number of hydrogen-bond donors (Lipinski definition) is 0. The van der Waals surface area contributed by atoms with E-state index in [1.807, 2.05) is 12.1 Å². The first-order valence-corrected chi connectivity index (χ1v) is 7.60. The SMILES string of the molecule is FC(F)(F)c1cccn2c(SCc3ccc(Cl)cc3)nnc12. The Bertz CT molecular complexity index is 799. The van der Waals surface area contributed by atoms with Crippen molar-refractivity contribution in [2.75, 3.05) is 0 Å². The van der Waals surface area contributed by atoms with Crippen LogP contribution in [0.5, 0.6) is 0 Å². The van der Waals surface area contributed by atoms with Crippen LogP contribution in [-0.2, 0) is 11.9 Å². The lowest BCUT2D eigenvalue weighted by molar-refractivity contribution is -0.136. The van der Waals surface area contributed by atoms with Gasteiger partial charge in [-0.3, -0.25) is 4.40 Å². The van der Waals surface area contributed by atoms with Gasteiger partial charge in [0.25, 0.3) is 0 Å². The zero-order chi connectivity index (χ0) is 15.7. The van der Waals surface area contributed by atoms with Gasteiger partial charge in [-0.05, 0) is 29.8 Å². The van der Waals surface area contributed by atoms with Gasteiger partial charge in [0, 0.05) is 17.0 Å². The number of aromatic nitrogens is 3. The van der Waals surface area contributed by atoms with E-state index >= 15 is 0 Å². The second-order valence-corrected chi connectivity index (χ2v) is 5.89. The lowest BCUT2D eigenvalue weighted by Gasteiger charge is -2.07. The van der Waals surface area contributed by atoms with Crippen LogP contribution in [0, 0.1) is 0 Å². The average molecular weight is 344 g/mol. The van der Waals surface area contributed by atoms with Crippen molar-refractivity contribution in [1.82, 2.24) is 14.6 Å². The Kier molecular flexibility index (Phi) is 4.01. The first-order chi connectivity index (χ1) is 10.4. The Morgan fingerprint density at radius 3 is 2.50 bits per heavy atom. The van der Waals surface area contributed by atoms with Gasteiger partial charge < -0.3 is 0 Å². The summed E-state index contributed by atoms with van der Waals surface area (Å²) in [4.78, 5) is 0. The van der Waals surface area contributed by atoms with Gasteiger partial charge in [-0.25, -0.2) is 0 Å². The Labute approximate surface area is 133 Å². The highest BCUT2D eigenvalue weighted by atomic mass is 35.5. The summed E-state index contributed by atoms with van der Waals surface area (Å²) >= 11 is 7.12. The zero-order valence-electron chi connectivity index (χ0n) is 11.0. The van der Waals surface area contributed by atoms with Crippen molar-refractivity contribution in [2.24, 2.45) is 0 Å². The van der Waals surface area contributed by atoms with Crippen LogP contribution in [0.4, 0.5) is 13.2 Å². The van der Waals surface area contributed by atoms with Crippen LogP contribution < -0.4 is 0 Å². The van der Waals surface area contributed by atoms with Gasteiger partial charge in [0.15, 0.2) is 10.8 Å². The standard InChI is InChI=1S/C14H9ClF3N3S/c15-10-5-3-9(4-6-10)8-22-13-20-19-12-11(14(16,17)18)2-1-7-21(12)13/h1-7H,8H2. The van der Waals surface area contributed by atoms with E-state index in [4.69, 9.17) is 11.6 Å². The molecular formula is C14H9ClF3N3S. The van der Waals surface area contributed by atoms with Gasteiger partial charge in [0.1, 0.15) is 5.56 Å². The van der Waals surface area contributed by atoms with E-state index in [-0.39, 0.29) is 5.65 Å². The molecule has 2 heterocycles. The monoisotopic (exact) mass is 343 g/mol. The van der Waals surface area contributed by atoms with Crippen molar-refractivity contribution in [2.45, 2.75) is 17.1 Å². The zero-order valence-corrected chi connectivity index (χ0v) is 12.6. The van der Waals surface area contributed by atoms with E-state index in [1.54, 1.807) is 12.1 Å². The number of benzene rings is 1. The molecule has 0 saturated heterocycles. The van der Waals surface area contributed by atoms with Crippen molar-refractivity contribution in [3.63, 3.8) is 0 Å². The highest BCUT2D eigenvalue weighted by Gasteiger charge is 2.34. The number of rotatable bonds is 3. The molecule has 0 atom stereocenters. The first kappa shape index (κ1) is 15.2. The summed E-state index contributed by atoms with van der Waals surface area (Å²) in [6, 6.07) is 9.59. The van der Waals surface area contributed by atoms with E-state index in [0.29, 0.717) is 15.9 Å². The fourth-order valence-corrected chi connectivity index (χ4v) is 2.94. The van der Waals surface area contributed by atoms with E-state index < -0.39 is 11.7 Å². The number of fused-ring (bicyclic) bond motifs is 1. The predicted molar refractivity (Wildman–Crippen MR) is 79.0 cm³/mol. The Morgan fingerprint density at radius 2 is 1.82 bits per heavy atom. The maximum absolute atomic E-state index is 12.9. The van der Waals surface area contributed by atoms with Gasteiger partial charge in [0.05, 0.1) is 0 Å². The summed E-state index contributed by atoms with van der Waals surface area (Å²) in [5.41, 5.74) is 0.0209.